The van der Waals surface area contributed by atoms with E-state index in [0.29, 0.717) is 25.0 Å². The number of amides is 1. The van der Waals surface area contributed by atoms with Gasteiger partial charge in [0.05, 0.1) is 24.0 Å². The van der Waals surface area contributed by atoms with Crippen LogP contribution in [0.5, 0.6) is 0 Å². The van der Waals surface area contributed by atoms with Crippen molar-refractivity contribution in [2.75, 3.05) is 24.5 Å². The molecule has 0 aliphatic carbocycles. The van der Waals surface area contributed by atoms with Crippen molar-refractivity contribution in [2.24, 2.45) is 5.92 Å². The third-order valence-corrected chi connectivity index (χ3v) is 5.59. The molecule has 0 N–H and O–H groups in total. The molecule has 3 aromatic rings. The highest BCUT2D eigenvalue weighted by Crippen LogP contribution is 2.35. The number of para-hydroxylation sites is 1. The highest BCUT2D eigenvalue weighted by Gasteiger charge is 2.49. The minimum Gasteiger partial charge on any atom is -0.338 e. The van der Waals surface area contributed by atoms with Crippen LogP contribution >= 0.6 is 0 Å². The molecule has 1 amide bonds. The van der Waals surface area contributed by atoms with Crippen LogP contribution in [-0.2, 0) is 0 Å². The van der Waals surface area contributed by atoms with Gasteiger partial charge in [-0.05, 0) is 32.0 Å². The topological polar surface area (TPSA) is 80.0 Å². The standard InChI is InChI=1S/C20H20FN7O/c1-12-8-13(2)25-20(24-12)26-9-14-10-27(17(14)11-26)19(29)15-4-3-5-16(21)18(15)28-22-6-7-23-28/h3-8,14,17H,9-11H2,1-2H3. The molecule has 1 aromatic carbocycles. The van der Waals surface area contributed by atoms with Crippen LogP contribution in [0.25, 0.3) is 5.69 Å². The number of likely N-dealkylation sites (tertiary alicyclic amines) is 1. The Bertz CT molecular complexity index is 1060. The first-order valence-corrected chi connectivity index (χ1v) is 9.54. The Morgan fingerprint density at radius 2 is 1.79 bits per heavy atom. The number of benzene rings is 1. The van der Waals surface area contributed by atoms with E-state index in [4.69, 9.17) is 0 Å². The van der Waals surface area contributed by atoms with Crippen LogP contribution in [0.1, 0.15) is 21.7 Å². The first-order chi connectivity index (χ1) is 14.0. The maximum atomic E-state index is 14.5. The van der Waals surface area contributed by atoms with Gasteiger partial charge in [-0.1, -0.05) is 6.07 Å². The Hall–Kier alpha value is -3.36. The van der Waals surface area contributed by atoms with Gasteiger partial charge in [0.25, 0.3) is 5.91 Å². The number of carbonyl (C=O) groups is 1. The van der Waals surface area contributed by atoms with Crippen LogP contribution in [0.3, 0.4) is 0 Å². The molecule has 0 bridgehead atoms. The molecule has 2 aliphatic rings. The maximum Gasteiger partial charge on any atom is 0.256 e. The van der Waals surface area contributed by atoms with Gasteiger partial charge in [-0.15, -0.1) is 4.80 Å². The van der Waals surface area contributed by atoms with Crippen molar-refractivity contribution in [3.8, 4) is 5.69 Å². The molecular weight excluding hydrogens is 373 g/mol. The molecule has 2 aromatic heterocycles. The molecular formula is C20H20FN7O. The fourth-order valence-electron chi connectivity index (χ4n) is 4.26. The van der Waals surface area contributed by atoms with E-state index >= 15 is 0 Å². The lowest BCUT2D eigenvalue weighted by atomic mass is 9.91. The number of halogens is 1. The van der Waals surface area contributed by atoms with E-state index in [0.717, 1.165) is 22.7 Å². The third kappa shape index (κ3) is 2.93. The fourth-order valence-corrected chi connectivity index (χ4v) is 4.26. The smallest absolute Gasteiger partial charge is 0.256 e. The Labute approximate surface area is 167 Å². The highest BCUT2D eigenvalue weighted by molar-refractivity contribution is 5.98. The SMILES string of the molecule is Cc1cc(C)nc(N2CC3CN(C(=O)c4cccc(F)c4-n4nccn4)C3C2)n1. The monoisotopic (exact) mass is 393 g/mol. The van der Waals surface area contributed by atoms with Crippen molar-refractivity contribution in [1.82, 2.24) is 29.9 Å². The molecule has 2 fully saturated rings. The molecule has 2 saturated heterocycles. The van der Waals surface area contributed by atoms with Gasteiger partial charge in [0, 0.05) is 36.9 Å². The van der Waals surface area contributed by atoms with Crippen LogP contribution in [0.4, 0.5) is 10.3 Å². The largest absolute Gasteiger partial charge is 0.338 e. The van der Waals surface area contributed by atoms with Gasteiger partial charge in [-0.2, -0.15) is 10.2 Å². The summed E-state index contributed by atoms with van der Waals surface area (Å²) in [6, 6.07) is 6.48. The molecule has 0 radical (unpaired) electrons. The van der Waals surface area contributed by atoms with E-state index in [1.165, 1.54) is 24.5 Å². The van der Waals surface area contributed by atoms with E-state index in [9.17, 15) is 9.18 Å². The van der Waals surface area contributed by atoms with Crippen LogP contribution < -0.4 is 4.90 Å². The molecule has 2 aliphatic heterocycles. The average molecular weight is 393 g/mol. The maximum absolute atomic E-state index is 14.5. The molecule has 9 heteroatoms. The lowest BCUT2D eigenvalue weighted by Gasteiger charge is -2.43. The first-order valence-electron chi connectivity index (χ1n) is 9.54. The number of hydrogen-bond acceptors (Lipinski definition) is 6. The van der Waals surface area contributed by atoms with Gasteiger partial charge in [0.1, 0.15) is 5.69 Å². The summed E-state index contributed by atoms with van der Waals surface area (Å²) in [5.74, 6) is 0.335. The zero-order valence-electron chi connectivity index (χ0n) is 16.2. The Kier molecular flexibility index (Phi) is 4.04. The predicted octanol–water partition coefficient (Wildman–Crippen LogP) is 1.77. The lowest BCUT2D eigenvalue weighted by molar-refractivity contribution is 0.0327. The minimum absolute atomic E-state index is 0.0635. The number of aromatic nitrogens is 5. The minimum atomic E-state index is -0.527. The number of aryl methyl sites for hydroxylation is 2. The second kappa shape index (κ2) is 6.61. The molecule has 29 heavy (non-hydrogen) atoms. The van der Waals surface area contributed by atoms with Crippen molar-refractivity contribution >= 4 is 11.9 Å². The average Bonchev–Trinajstić information content (AvgIpc) is 3.30. The molecule has 0 spiro atoms. The Balaban J connectivity index is 1.39. The first kappa shape index (κ1) is 17.7. The van der Waals surface area contributed by atoms with Gasteiger partial charge in [-0.25, -0.2) is 14.4 Å². The van der Waals surface area contributed by atoms with Crippen molar-refractivity contribution in [1.29, 1.82) is 0 Å². The zero-order chi connectivity index (χ0) is 20.1. The highest BCUT2D eigenvalue weighted by atomic mass is 19.1. The van der Waals surface area contributed by atoms with E-state index in [1.807, 2.05) is 19.9 Å². The second-order valence-electron chi connectivity index (χ2n) is 7.60. The molecule has 2 unspecified atom stereocenters. The number of fused-ring (bicyclic) bond motifs is 1. The summed E-state index contributed by atoms with van der Waals surface area (Å²) < 4.78 is 14.5. The number of anilines is 1. The summed E-state index contributed by atoms with van der Waals surface area (Å²) in [4.78, 5) is 27.4. The number of nitrogens with zero attached hydrogens (tertiary/aromatic N) is 7. The summed E-state index contributed by atoms with van der Waals surface area (Å²) in [6.07, 6.45) is 2.91. The van der Waals surface area contributed by atoms with E-state index in [-0.39, 0.29) is 23.2 Å². The molecule has 4 heterocycles. The van der Waals surface area contributed by atoms with Crippen LogP contribution in [0.15, 0.2) is 36.7 Å². The summed E-state index contributed by atoms with van der Waals surface area (Å²) in [7, 11) is 0. The Morgan fingerprint density at radius 3 is 2.52 bits per heavy atom. The molecule has 5 rings (SSSR count). The van der Waals surface area contributed by atoms with Gasteiger partial charge < -0.3 is 9.80 Å². The van der Waals surface area contributed by atoms with Crippen LogP contribution in [0.2, 0.25) is 0 Å². The molecule has 2 atom stereocenters. The van der Waals surface area contributed by atoms with Crippen LogP contribution in [-0.4, -0.2) is 61.4 Å². The summed E-state index contributed by atoms with van der Waals surface area (Å²) in [5.41, 5.74) is 2.20. The van der Waals surface area contributed by atoms with Crippen molar-refractivity contribution in [3.63, 3.8) is 0 Å². The third-order valence-electron chi connectivity index (χ3n) is 5.59. The van der Waals surface area contributed by atoms with Gasteiger partial charge >= 0.3 is 0 Å². The quantitative estimate of drug-likeness (QED) is 0.675. The summed E-state index contributed by atoms with van der Waals surface area (Å²) >= 11 is 0. The summed E-state index contributed by atoms with van der Waals surface area (Å²) in [5, 5.41) is 8.00. The van der Waals surface area contributed by atoms with Crippen molar-refractivity contribution in [3.05, 3.63) is 59.4 Å². The van der Waals surface area contributed by atoms with E-state index in [2.05, 4.69) is 25.1 Å². The van der Waals surface area contributed by atoms with E-state index < -0.39 is 5.82 Å². The Morgan fingerprint density at radius 1 is 1.07 bits per heavy atom. The molecule has 148 valence electrons. The predicted molar refractivity (Wildman–Crippen MR) is 103 cm³/mol. The number of hydrogen-bond donors (Lipinski definition) is 0. The second-order valence-corrected chi connectivity index (χ2v) is 7.60. The number of carbonyl (C=O) groups excluding carboxylic acids is 1. The van der Waals surface area contributed by atoms with Crippen LogP contribution in [0, 0.1) is 25.6 Å². The normalized spacial score (nSPS) is 20.5. The molecule has 8 nitrogen and oxygen atoms in total. The van der Waals surface area contributed by atoms with Gasteiger partial charge in [0.15, 0.2) is 5.82 Å². The van der Waals surface area contributed by atoms with Crippen molar-refractivity contribution < 1.29 is 9.18 Å². The number of rotatable bonds is 3. The lowest BCUT2D eigenvalue weighted by Crippen LogP contribution is -2.58. The fraction of sp³-hybridized carbons (Fsp3) is 0.350. The van der Waals surface area contributed by atoms with E-state index in [1.54, 1.807) is 11.0 Å². The molecule has 0 saturated carbocycles. The van der Waals surface area contributed by atoms with Gasteiger partial charge in [0.2, 0.25) is 5.95 Å². The van der Waals surface area contributed by atoms with Crippen molar-refractivity contribution in [2.45, 2.75) is 19.9 Å². The zero-order valence-corrected chi connectivity index (χ0v) is 16.2. The van der Waals surface area contributed by atoms with Gasteiger partial charge in [-0.3, -0.25) is 4.79 Å². The summed E-state index contributed by atoms with van der Waals surface area (Å²) in [6.45, 7) is 6.02.